The third-order valence-corrected chi connectivity index (χ3v) is 3.57. The Labute approximate surface area is 135 Å². The van der Waals surface area contributed by atoms with Gasteiger partial charge < -0.3 is 10.5 Å². The van der Waals surface area contributed by atoms with Gasteiger partial charge in [0, 0.05) is 16.9 Å². The average molecular weight is 360 g/mol. The molecule has 2 N–H and O–H groups in total. The summed E-state index contributed by atoms with van der Waals surface area (Å²) in [5.74, 6) is 0.962. The fraction of sp³-hybridized carbons (Fsp3) is 0. The summed E-state index contributed by atoms with van der Waals surface area (Å²) >= 11 is 8.40. The fourth-order valence-corrected chi connectivity index (χ4v) is 2.46. The summed E-state index contributed by atoms with van der Waals surface area (Å²) in [7, 11) is 0. The van der Waals surface area contributed by atoms with Crippen molar-refractivity contribution >= 4 is 43.9 Å². The number of nitrogens with two attached hydrogens (primary N) is 1. The zero-order valence-corrected chi connectivity index (χ0v) is 13.2. The zero-order valence-electron chi connectivity index (χ0n) is 10.8. The Morgan fingerprint density at radius 1 is 1.05 bits per heavy atom. The fourth-order valence-electron chi connectivity index (χ4n) is 1.94. The van der Waals surface area contributed by atoms with Crippen molar-refractivity contribution in [3.63, 3.8) is 0 Å². The first-order valence-electron chi connectivity index (χ1n) is 6.11. The maximum Gasteiger partial charge on any atom is 0.248 e. The lowest BCUT2D eigenvalue weighted by atomic mass is 10.1. The predicted octanol–water partition coefficient (Wildman–Crippen LogP) is 3.82. The van der Waals surface area contributed by atoms with Crippen LogP contribution in [0.1, 0.15) is 5.69 Å². The van der Waals surface area contributed by atoms with Gasteiger partial charge in [-0.05, 0) is 35.0 Å². The molecule has 0 spiro atoms. The molecule has 3 rings (SSSR count). The van der Waals surface area contributed by atoms with Gasteiger partial charge in [0.2, 0.25) is 5.88 Å². The average Bonchev–Trinajstić information content (AvgIpc) is 2.48. The molecule has 0 saturated carbocycles. The van der Waals surface area contributed by atoms with Gasteiger partial charge in [-0.2, -0.15) is 0 Å². The second-order valence-corrected chi connectivity index (χ2v) is 5.69. The van der Waals surface area contributed by atoms with Crippen LogP contribution in [0.25, 0.3) is 10.8 Å². The number of thiocarbonyl (C=S) groups is 1. The quantitative estimate of drug-likeness (QED) is 0.720. The number of hydrogen-bond donors (Lipinski definition) is 1. The Balaban J connectivity index is 1.99. The molecule has 0 radical (unpaired) electrons. The van der Waals surface area contributed by atoms with E-state index in [0.29, 0.717) is 17.3 Å². The van der Waals surface area contributed by atoms with Gasteiger partial charge >= 0.3 is 0 Å². The first-order chi connectivity index (χ1) is 10.1. The molecule has 1 aromatic heterocycles. The van der Waals surface area contributed by atoms with Crippen LogP contribution >= 0.6 is 28.1 Å². The predicted molar refractivity (Wildman–Crippen MR) is 89.6 cm³/mol. The molecule has 0 saturated heterocycles. The van der Waals surface area contributed by atoms with Gasteiger partial charge in [-0.3, -0.25) is 0 Å². The van der Waals surface area contributed by atoms with E-state index >= 15 is 0 Å². The van der Waals surface area contributed by atoms with Crippen LogP contribution in [-0.4, -0.2) is 15.0 Å². The summed E-state index contributed by atoms with van der Waals surface area (Å²) in [5, 5.41) is 2.18. The Kier molecular flexibility index (Phi) is 3.81. The highest BCUT2D eigenvalue weighted by Gasteiger charge is 2.10. The molecule has 0 aliphatic heterocycles. The van der Waals surface area contributed by atoms with Crippen LogP contribution in [-0.2, 0) is 0 Å². The number of aromatic nitrogens is 2. The van der Waals surface area contributed by atoms with E-state index in [1.165, 1.54) is 12.4 Å². The lowest BCUT2D eigenvalue weighted by molar-refractivity contribution is 0.459. The highest BCUT2D eigenvalue weighted by molar-refractivity contribution is 9.10. The van der Waals surface area contributed by atoms with Crippen LogP contribution in [0, 0.1) is 0 Å². The molecule has 6 heteroatoms. The molecule has 0 unspecified atom stereocenters. The minimum Gasteiger partial charge on any atom is -0.437 e. The molecule has 21 heavy (non-hydrogen) atoms. The molecule has 0 aliphatic carbocycles. The number of ether oxygens (including phenoxy) is 1. The highest BCUT2D eigenvalue weighted by atomic mass is 79.9. The minimum absolute atomic E-state index is 0.155. The lowest BCUT2D eigenvalue weighted by Gasteiger charge is -2.08. The van der Waals surface area contributed by atoms with Crippen LogP contribution in [0.4, 0.5) is 0 Å². The van der Waals surface area contributed by atoms with Crippen molar-refractivity contribution in [1.29, 1.82) is 0 Å². The summed E-state index contributed by atoms with van der Waals surface area (Å²) in [4.78, 5) is 8.37. The Bertz CT molecular complexity index is 838. The number of halogens is 1. The summed E-state index contributed by atoms with van der Waals surface area (Å²) in [5.41, 5.74) is 6.00. The molecule has 3 aromatic rings. The van der Waals surface area contributed by atoms with Crippen molar-refractivity contribution in [2.45, 2.75) is 0 Å². The van der Waals surface area contributed by atoms with E-state index in [1.807, 2.05) is 36.4 Å². The van der Waals surface area contributed by atoms with Crippen molar-refractivity contribution in [3.8, 4) is 11.6 Å². The second kappa shape index (κ2) is 5.75. The molecule has 4 nitrogen and oxygen atoms in total. The topological polar surface area (TPSA) is 61.0 Å². The number of benzene rings is 2. The minimum atomic E-state index is 0.155. The third kappa shape index (κ3) is 3.01. The van der Waals surface area contributed by atoms with Crippen molar-refractivity contribution < 1.29 is 4.74 Å². The number of fused-ring (bicyclic) bond motifs is 1. The van der Waals surface area contributed by atoms with Gasteiger partial charge in [-0.25, -0.2) is 9.97 Å². The van der Waals surface area contributed by atoms with Gasteiger partial charge in [0.15, 0.2) is 5.69 Å². The molecule has 104 valence electrons. The van der Waals surface area contributed by atoms with Gasteiger partial charge in [0.25, 0.3) is 0 Å². The molecule has 2 aromatic carbocycles. The van der Waals surface area contributed by atoms with E-state index < -0.39 is 0 Å². The summed E-state index contributed by atoms with van der Waals surface area (Å²) in [6.07, 6.45) is 3.06. The smallest absolute Gasteiger partial charge is 0.248 e. The molecular weight excluding hydrogens is 350 g/mol. The number of nitrogens with zero attached hydrogens (tertiary/aromatic N) is 2. The first-order valence-corrected chi connectivity index (χ1v) is 7.31. The summed E-state index contributed by atoms with van der Waals surface area (Å²) < 4.78 is 6.79. The number of rotatable bonds is 3. The van der Waals surface area contributed by atoms with Crippen LogP contribution < -0.4 is 10.5 Å². The van der Waals surface area contributed by atoms with E-state index in [2.05, 4.69) is 25.9 Å². The maximum atomic E-state index is 5.76. The Morgan fingerprint density at radius 3 is 2.57 bits per heavy atom. The van der Waals surface area contributed by atoms with Crippen molar-refractivity contribution in [3.05, 3.63) is 59.0 Å². The zero-order chi connectivity index (χ0) is 14.8. The normalized spacial score (nSPS) is 10.5. The SMILES string of the molecule is NC(=S)c1nccnc1Oc1ccc2cc(Br)ccc2c1. The van der Waals surface area contributed by atoms with Gasteiger partial charge in [0.1, 0.15) is 10.7 Å². The monoisotopic (exact) mass is 359 g/mol. The molecular formula is C15H10BrN3OS. The molecule has 0 aliphatic rings. The molecule has 0 bridgehead atoms. The van der Waals surface area contributed by atoms with E-state index in [4.69, 9.17) is 22.7 Å². The van der Waals surface area contributed by atoms with Crippen LogP contribution in [0.2, 0.25) is 0 Å². The standard InChI is InChI=1S/C15H10BrN3OS/c16-11-3-1-10-8-12(4-2-9(10)7-11)20-15-13(14(17)21)18-5-6-19-15/h1-8H,(H2,17,21). The molecule has 0 amide bonds. The number of hydrogen-bond acceptors (Lipinski definition) is 4. The van der Waals surface area contributed by atoms with E-state index in [-0.39, 0.29) is 4.99 Å². The van der Waals surface area contributed by atoms with Gasteiger partial charge in [-0.1, -0.05) is 40.3 Å². The Morgan fingerprint density at radius 2 is 1.76 bits per heavy atom. The van der Waals surface area contributed by atoms with Gasteiger partial charge in [-0.15, -0.1) is 0 Å². The van der Waals surface area contributed by atoms with Crippen LogP contribution in [0.3, 0.4) is 0 Å². The van der Waals surface area contributed by atoms with Gasteiger partial charge in [0.05, 0.1) is 0 Å². The lowest BCUT2D eigenvalue weighted by Crippen LogP contribution is -2.13. The van der Waals surface area contributed by atoms with Crippen molar-refractivity contribution in [2.75, 3.05) is 0 Å². The van der Waals surface area contributed by atoms with Crippen molar-refractivity contribution in [2.24, 2.45) is 5.73 Å². The van der Waals surface area contributed by atoms with E-state index in [0.717, 1.165) is 15.2 Å². The summed E-state index contributed by atoms with van der Waals surface area (Å²) in [6.45, 7) is 0. The first kappa shape index (κ1) is 13.9. The van der Waals surface area contributed by atoms with Crippen molar-refractivity contribution in [1.82, 2.24) is 9.97 Å². The third-order valence-electron chi connectivity index (χ3n) is 2.89. The van der Waals surface area contributed by atoms with Crippen LogP contribution in [0.15, 0.2) is 53.3 Å². The molecule has 0 atom stereocenters. The molecule has 1 heterocycles. The van der Waals surface area contributed by atoms with Crippen LogP contribution in [0.5, 0.6) is 11.6 Å². The summed E-state index contributed by atoms with van der Waals surface area (Å²) in [6, 6.07) is 11.8. The largest absolute Gasteiger partial charge is 0.437 e. The van der Waals surface area contributed by atoms with E-state index in [9.17, 15) is 0 Å². The maximum absolute atomic E-state index is 5.76. The molecule has 0 fully saturated rings. The second-order valence-electron chi connectivity index (χ2n) is 4.33. The van der Waals surface area contributed by atoms with E-state index in [1.54, 1.807) is 0 Å². The highest BCUT2D eigenvalue weighted by Crippen LogP contribution is 2.27. The Hall–Kier alpha value is -2.05.